The molecule has 2 aromatic heterocycles. The molecule has 0 aliphatic carbocycles. The van der Waals surface area contributed by atoms with Gasteiger partial charge in [-0.25, -0.2) is 15.0 Å². The molecule has 1 saturated heterocycles. The van der Waals surface area contributed by atoms with Crippen molar-refractivity contribution in [1.82, 2.24) is 15.0 Å². The molecule has 0 radical (unpaired) electrons. The number of nitrogens with one attached hydrogen (secondary N) is 3. The molecule has 162 valence electrons. The maximum atomic E-state index is 12.6. The van der Waals surface area contributed by atoms with Crippen molar-refractivity contribution >= 4 is 40.0 Å². The molecule has 0 atom stereocenters. The van der Waals surface area contributed by atoms with Crippen LogP contribution in [0.3, 0.4) is 0 Å². The second-order valence-corrected chi connectivity index (χ2v) is 8.04. The van der Waals surface area contributed by atoms with Gasteiger partial charge in [-0.15, -0.1) is 0 Å². The van der Waals surface area contributed by atoms with Crippen molar-refractivity contribution in [1.29, 1.82) is 10.8 Å². The molecule has 0 saturated carbocycles. The quantitative estimate of drug-likeness (QED) is 0.482. The minimum atomic E-state index is -4.46. The Labute approximate surface area is 180 Å². The first-order valence-electron chi connectivity index (χ1n) is 9.19. The third kappa shape index (κ3) is 3.94. The minimum Gasteiger partial charge on any atom is -0.481 e. The molecular formula is C19H18F3N7OS. The molecule has 8 nitrogen and oxygen atoms in total. The van der Waals surface area contributed by atoms with Crippen molar-refractivity contribution in [3.63, 3.8) is 0 Å². The number of hydrogen-bond donors (Lipinski definition) is 3. The van der Waals surface area contributed by atoms with Gasteiger partial charge < -0.3 is 15.0 Å². The molecule has 0 bridgehead atoms. The van der Waals surface area contributed by atoms with Crippen molar-refractivity contribution in [3.8, 4) is 0 Å². The Bertz CT molecular complexity index is 1080. The number of methoxy groups -OCH3 is 1. The van der Waals surface area contributed by atoms with Gasteiger partial charge in [-0.1, -0.05) is 11.8 Å². The van der Waals surface area contributed by atoms with Crippen LogP contribution in [0.15, 0.2) is 35.1 Å². The summed E-state index contributed by atoms with van der Waals surface area (Å²) < 4.78 is 42.9. The van der Waals surface area contributed by atoms with E-state index in [0.29, 0.717) is 35.1 Å². The molecule has 2 aromatic rings. The first kappa shape index (κ1) is 21.1. The van der Waals surface area contributed by atoms with E-state index in [2.05, 4.69) is 20.3 Å². The molecule has 2 aliphatic rings. The third-order valence-electron chi connectivity index (χ3n) is 5.00. The maximum absolute atomic E-state index is 12.6. The molecule has 0 spiro atoms. The lowest BCUT2D eigenvalue weighted by molar-refractivity contribution is -0.138. The smallest absolute Gasteiger partial charge is 0.419 e. The highest BCUT2D eigenvalue weighted by Gasteiger charge is 2.35. The Morgan fingerprint density at radius 2 is 1.94 bits per heavy atom. The van der Waals surface area contributed by atoms with Gasteiger partial charge >= 0.3 is 6.18 Å². The Morgan fingerprint density at radius 1 is 1.26 bits per heavy atom. The number of thioether (sulfide) groups is 1. The summed E-state index contributed by atoms with van der Waals surface area (Å²) in [6.45, 7) is 2.76. The summed E-state index contributed by atoms with van der Waals surface area (Å²) in [5.41, 5.74) is 1.15. The second kappa shape index (κ2) is 7.84. The van der Waals surface area contributed by atoms with Gasteiger partial charge in [0.15, 0.2) is 0 Å². The van der Waals surface area contributed by atoms with Crippen LogP contribution in [-0.4, -0.2) is 52.1 Å². The number of alkyl halides is 3. The molecule has 4 rings (SSSR count). The Balaban J connectivity index is 1.47. The van der Waals surface area contributed by atoms with Crippen LogP contribution in [0.25, 0.3) is 5.57 Å². The van der Waals surface area contributed by atoms with Gasteiger partial charge in [0.25, 0.3) is 0 Å². The molecular weight excluding hydrogens is 431 g/mol. The number of hydrogen-bond acceptors (Lipinski definition) is 9. The topological polar surface area (TPSA) is 111 Å². The van der Waals surface area contributed by atoms with Gasteiger partial charge in [0.1, 0.15) is 10.9 Å². The number of nitrogens with zero attached hydrogens (tertiary/aromatic N) is 4. The molecule has 0 aromatic carbocycles. The summed E-state index contributed by atoms with van der Waals surface area (Å²) in [4.78, 5) is 14.6. The van der Waals surface area contributed by atoms with Crippen molar-refractivity contribution in [3.05, 3.63) is 41.4 Å². The second-order valence-electron chi connectivity index (χ2n) is 7.02. The highest BCUT2D eigenvalue weighted by atomic mass is 32.2. The number of rotatable bonds is 4. The summed E-state index contributed by atoms with van der Waals surface area (Å²) in [5, 5.41) is 19.9. The largest absolute Gasteiger partial charge is 0.481 e. The third-order valence-corrected chi connectivity index (χ3v) is 6.02. The molecule has 12 heteroatoms. The number of aromatic nitrogens is 3. The molecule has 2 aliphatic heterocycles. The van der Waals surface area contributed by atoms with E-state index in [9.17, 15) is 13.2 Å². The molecule has 0 amide bonds. The van der Waals surface area contributed by atoms with Gasteiger partial charge in [-0.3, -0.25) is 10.8 Å². The van der Waals surface area contributed by atoms with E-state index in [1.807, 2.05) is 0 Å². The van der Waals surface area contributed by atoms with Crippen LogP contribution in [0.2, 0.25) is 0 Å². The van der Waals surface area contributed by atoms with E-state index in [0.717, 1.165) is 22.9 Å². The molecule has 4 heterocycles. The average Bonchev–Trinajstić information content (AvgIpc) is 3.05. The molecule has 31 heavy (non-hydrogen) atoms. The SMILES string of the molecule is COC(=N)/C(C)=C1\C(=N)Sc2c1ccnc2NC1CN(c2ncc(C(F)(F)F)cn2)C1. The highest BCUT2D eigenvalue weighted by Crippen LogP contribution is 2.45. The van der Waals surface area contributed by atoms with Crippen LogP contribution in [0.1, 0.15) is 18.1 Å². The van der Waals surface area contributed by atoms with E-state index in [4.69, 9.17) is 15.6 Å². The summed E-state index contributed by atoms with van der Waals surface area (Å²) in [6, 6.07) is 1.81. The standard InChI is InChI=1S/C19H18F3N7OS/c1-9(15(23)30-2)13-12-3-4-25-17(14(12)31-16(13)24)28-11-7-29(8-11)18-26-5-10(6-27-18)19(20,21)22/h3-6,11,23-24H,7-8H2,1-2H3,(H,25,28)/b13-9-,23-15?,24-16?. The van der Waals surface area contributed by atoms with Crippen LogP contribution in [-0.2, 0) is 10.9 Å². The molecule has 0 unspecified atom stereocenters. The van der Waals surface area contributed by atoms with E-state index < -0.39 is 11.7 Å². The van der Waals surface area contributed by atoms with Crippen molar-refractivity contribution in [2.24, 2.45) is 0 Å². The van der Waals surface area contributed by atoms with Crippen LogP contribution in [0.4, 0.5) is 24.9 Å². The Morgan fingerprint density at radius 3 is 2.55 bits per heavy atom. The normalized spacial score (nSPS) is 17.8. The average molecular weight is 449 g/mol. The zero-order valence-corrected chi connectivity index (χ0v) is 17.4. The highest BCUT2D eigenvalue weighted by molar-refractivity contribution is 8.15. The fourth-order valence-corrected chi connectivity index (χ4v) is 4.38. The van der Waals surface area contributed by atoms with Crippen LogP contribution in [0.5, 0.6) is 0 Å². The lowest BCUT2D eigenvalue weighted by Gasteiger charge is -2.39. The Kier molecular flexibility index (Phi) is 5.33. The number of fused-ring (bicyclic) bond motifs is 1. The van der Waals surface area contributed by atoms with Gasteiger partial charge in [0, 0.05) is 48.4 Å². The van der Waals surface area contributed by atoms with Crippen molar-refractivity contribution < 1.29 is 17.9 Å². The fourth-order valence-electron chi connectivity index (χ4n) is 3.32. The Hall–Kier alpha value is -3.15. The lowest BCUT2D eigenvalue weighted by atomic mass is 10.0. The maximum Gasteiger partial charge on any atom is 0.419 e. The summed E-state index contributed by atoms with van der Waals surface area (Å²) in [5.74, 6) is 0.870. The number of halogens is 3. The first-order valence-corrected chi connectivity index (χ1v) is 10.0. The minimum absolute atomic E-state index is 0.00528. The lowest BCUT2D eigenvalue weighted by Crippen LogP contribution is -2.55. The summed E-state index contributed by atoms with van der Waals surface area (Å²) >= 11 is 1.26. The van der Waals surface area contributed by atoms with Crippen LogP contribution >= 0.6 is 11.8 Å². The number of pyridine rings is 1. The van der Waals surface area contributed by atoms with Crippen molar-refractivity contribution in [2.75, 3.05) is 30.4 Å². The monoisotopic (exact) mass is 449 g/mol. The fraction of sp³-hybridized carbons (Fsp3) is 0.316. The van der Waals surface area contributed by atoms with Gasteiger partial charge in [0.2, 0.25) is 11.8 Å². The molecule has 3 N–H and O–H groups in total. The van der Waals surface area contributed by atoms with Crippen LogP contribution in [0, 0.1) is 10.8 Å². The summed E-state index contributed by atoms with van der Waals surface area (Å²) in [7, 11) is 1.42. The van der Waals surface area contributed by atoms with Crippen LogP contribution < -0.4 is 10.2 Å². The van der Waals surface area contributed by atoms with Crippen molar-refractivity contribution in [2.45, 2.75) is 24.0 Å². The first-order chi connectivity index (χ1) is 14.7. The van der Waals surface area contributed by atoms with E-state index in [1.165, 1.54) is 18.9 Å². The zero-order chi connectivity index (χ0) is 22.3. The predicted molar refractivity (Wildman–Crippen MR) is 112 cm³/mol. The zero-order valence-electron chi connectivity index (χ0n) is 16.5. The van der Waals surface area contributed by atoms with E-state index in [-0.39, 0.29) is 17.9 Å². The van der Waals surface area contributed by atoms with Gasteiger partial charge in [-0.2, -0.15) is 13.2 Å². The van der Waals surface area contributed by atoms with E-state index in [1.54, 1.807) is 24.1 Å². The summed E-state index contributed by atoms with van der Waals surface area (Å²) in [6.07, 6.45) is -1.26. The van der Waals surface area contributed by atoms with Gasteiger partial charge in [-0.05, 0) is 13.0 Å². The number of ether oxygens (including phenoxy) is 1. The van der Waals surface area contributed by atoms with Gasteiger partial charge in [0.05, 0.1) is 23.6 Å². The molecule has 1 fully saturated rings. The number of anilines is 2. The van der Waals surface area contributed by atoms with E-state index >= 15 is 0 Å². The predicted octanol–water partition coefficient (Wildman–Crippen LogP) is 3.67.